The van der Waals surface area contributed by atoms with Gasteiger partial charge in [0.15, 0.2) is 0 Å². The molecule has 0 saturated heterocycles. The first-order valence-corrected chi connectivity index (χ1v) is 7.53. The van der Waals surface area contributed by atoms with Crippen molar-refractivity contribution in [3.63, 3.8) is 0 Å². The van der Waals surface area contributed by atoms with Gasteiger partial charge in [-0.15, -0.1) is 0 Å². The molecule has 21 heavy (non-hydrogen) atoms. The Hall–Kier alpha value is -1.55. The van der Waals surface area contributed by atoms with Gasteiger partial charge in [-0.2, -0.15) is 0 Å². The molecule has 1 aromatic rings. The molecule has 1 saturated carbocycles. The van der Waals surface area contributed by atoms with E-state index in [1.807, 2.05) is 39.8 Å². The van der Waals surface area contributed by atoms with Crippen LogP contribution in [-0.4, -0.2) is 25.2 Å². The fourth-order valence-electron chi connectivity index (χ4n) is 2.90. The molecule has 4 heteroatoms. The standard InChI is InChI=1S/C17H25NO3/c1-6-21-17(4,13-7-8-13)16(19)18-14-9-11(2)15(20-5)12(3)10-14/h9-10,13H,6-8H2,1-5H3,(H,18,19)/t17-/m0/s1. The summed E-state index contributed by atoms with van der Waals surface area (Å²) in [6.07, 6.45) is 2.12. The highest BCUT2D eigenvalue weighted by Crippen LogP contribution is 2.42. The molecule has 0 unspecified atom stereocenters. The average Bonchev–Trinajstić information content (AvgIpc) is 3.23. The van der Waals surface area contributed by atoms with Crippen LogP contribution in [0.3, 0.4) is 0 Å². The minimum absolute atomic E-state index is 0.0594. The van der Waals surface area contributed by atoms with Crippen molar-refractivity contribution in [1.82, 2.24) is 0 Å². The maximum Gasteiger partial charge on any atom is 0.256 e. The maximum absolute atomic E-state index is 12.6. The van der Waals surface area contributed by atoms with E-state index in [0.29, 0.717) is 12.5 Å². The summed E-state index contributed by atoms with van der Waals surface area (Å²) in [5, 5.41) is 3.00. The number of benzene rings is 1. The van der Waals surface area contributed by atoms with Gasteiger partial charge in [-0.25, -0.2) is 0 Å². The molecular weight excluding hydrogens is 266 g/mol. The van der Waals surface area contributed by atoms with E-state index in [-0.39, 0.29) is 5.91 Å². The second kappa shape index (κ2) is 6.06. The lowest BCUT2D eigenvalue weighted by molar-refractivity contribution is -0.141. The fraction of sp³-hybridized carbons (Fsp3) is 0.588. The van der Waals surface area contributed by atoms with Crippen molar-refractivity contribution in [2.24, 2.45) is 5.92 Å². The molecule has 1 atom stereocenters. The molecule has 1 fully saturated rings. The van der Waals surface area contributed by atoms with Gasteiger partial charge in [0.2, 0.25) is 0 Å². The lowest BCUT2D eigenvalue weighted by atomic mass is 9.98. The summed E-state index contributed by atoms with van der Waals surface area (Å²) in [7, 11) is 1.66. The molecule has 2 rings (SSSR count). The molecule has 0 radical (unpaired) electrons. The smallest absolute Gasteiger partial charge is 0.256 e. The van der Waals surface area contributed by atoms with Crippen LogP contribution in [0.25, 0.3) is 0 Å². The fourth-order valence-corrected chi connectivity index (χ4v) is 2.90. The molecule has 0 aliphatic heterocycles. The molecule has 0 heterocycles. The molecular formula is C17H25NO3. The summed E-state index contributed by atoms with van der Waals surface area (Å²) in [6.45, 7) is 8.32. The Balaban J connectivity index is 2.19. The van der Waals surface area contributed by atoms with E-state index < -0.39 is 5.60 Å². The van der Waals surface area contributed by atoms with Crippen molar-refractivity contribution in [3.05, 3.63) is 23.3 Å². The zero-order valence-electron chi connectivity index (χ0n) is 13.6. The van der Waals surface area contributed by atoms with Gasteiger partial charge < -0.3 is 14.8 Å². The van der Waals surface area contributed by atoms with Gasteiger partial charge in [-0.1, -0.05) is 0 Å². The first-order valence-electron chi connectivity index (χ1n) is 7.53. The number of anilines is 1. The summed E-state index contributed by atoms with van der Waals surface area (Å²) < 4.78 is 11.1. The van der Waals surface area contributed by atoms with Crippen LogP contribution in [0.2, 0.25) is 0 Å². The summed E-state index contributed by atoms with van der Waals surface area (Å²) in [5.41, 5.74) is 2.09. The van der Waals surface area contributed by atoms with Crippen molar-refractivity contribution in [1.29, 1.82) is 0 Å². The van der Waals surface area contributed by atoms with E-state index in [4.69, 9.17) is 9.47 Å². The van der Waals surface area contributed by atoms with Crippen molar-refractivity contribution in [2.45, 2.75) is 46.1 Å². The van der Waals surface area contributed by atoms with Crippen LogP contribution in [0.15, 0.2) is 12.1 Å². The Morgan fingerprint density at radius 3 is 2.33 bits per heavy atom. The predicted octanol–water partition coefficient (Wildman–Crippen LogP) is 3.46. The molecule has 1 amide bonds. The van der Waals surface area contributed by atoms with Crippen LogP contribution in [0.4, 0.5) is 5.69 Å². The molecule has 0 bridgehead atoms. The van der Waals surface area contributed by atoms with Gasteiger partial charge >= 0.3 is 0 Å². The zero-order valence-corrected chi connectivity index (χ0v) is 13.6. The van der Waals surface area contributed by atoms with Gasteiger partial charge in [0.05, 0.1) is 7.11 Å². The monoisotopic (exact) mass is 291 g/mol. The van der Waals surface area contributed by atoms with Crippen molar-refractivity contribution in [3.8, 4) is 5.75 Å². The molecule has 0 aromatic heterocycles. The lowest BCUT2D eigenvalue weighted by Crippen LogP contribution is -2.44. The van der Waals surface area contributed by atoms with Gasteiger partial charge in [-0.3, -0.25) is 4.79 Å². The van der Waals surface area contributed by atoms with Gasteiger partial charge in [-0.05, 0) is 69.7 Å². The largest absolute Gasteiger partial charge is 0.496 e. The quantitative estimate of drug-likeness (QED) is 0.873. The number of nitrogens with one attached hydrogen (secondary N) is 1. The Morgan fingerprint density at radius 2 is 1.90 bits per heavy atom. The Bertz CT molecular complexity index is 514. The summed E-state index contributed by atoms with van der Waals surface area (Å²) in [5.74, 6) is 1.14. The first kappa shape index (κ1) is 15.8. The average molecular weight is 291 g/mol. The van der Waals surface area contributed by atoms with Crippen LogP contribution in [0.5, 0.6) is 5.75 Å². The number of carbonyl (C=O) groups excluding carboxylic acids is 1. The Morgan fingerprint density at radius 1 is 1.33 bits per heavy atom. The SMILES string of the molecule is CCO[C@](C)(C(=O)Nc1cc(C)c(OC)c(C)c1)C1CC1. The van der Waals surface area contributed by atoms with Crippen LogP contribution in [0.1, 0.15) is 37.8 Å². The highest BCUT2D eigenvalue weighted by molar-refractivity contribution is 5.97. The molecule has 116 valence electrons. The first-order chi connectivity index (χ1) is 9.92. The zero-order chi connectivity index (χ0) is 15.6. The van der Waals surface area contributed by atoms with Crippen LogP contribution in [0, 0.1) is 19.8 Å². The van der Waals surface area contributed by atoms with E-state index in [1.165, 1.54) is 0 Å². The molecule has 4 nitrogen and oxygen atoms in total. The summed E-state index contributed by atoms with van der Waals surface area (Å²) >= 11 is 0. The van der Waals surface area contributed by atoms with Crippen LogP contribution < -0.4 is 10.1 Å². The second-order valence-electron chi connectivity index (χ2n) is 5.91. The minimum atomic E-state index is -0.726. The van der Waals surface area contributed by atoms with Gasteiger partial charge in [0.25, 0.3) is 5.91 Å². The second-order valence-corrected chi connectivity index (χ2v) is 5.91. The Kier molecular flexibility index (Phi) is 4.57. The van der Waals surface area contributed by atoms with Crippen molar-refractivity contribution in [2.75, 3.05) is 19.0 Å². The van der Waals surface area contributed by atoms with E-state index in [2.05, 4.69) is 5.32 Å². The third-order valence-corrected chi connectivity index (χ3v) is 4.17. The van der Waals surface area contributed by atoms with Crippen LogP contribution in [-0.2, 0) is 9.53 Å². The van der Waals surface area contributed by atoms with Crippen molar-refractivity contribution < 1.29 is 14.3 Å². The van der Waals surface area contributed by atoms with Gasteiger partial charge in [0.1, 0.15) is 11.4 Å². The molecule has 1 aliphatic rings. The number of ether oxygens (including phenoxy) is 2. The third kappa shape index (κ3) is 3.21. The molecule has 1 N–H and O–H groups in total. The lowest BCUT2D eigenvalue weighted by Gasteiger charge is -2.28. The van der Waals surface area contributed by atoms with E-state index in [9.17, 15) is 4.79 Å². The predicted molar refractivity (Wildman–Crippen MR) is 83.9 cm³/mol. The summed E-state index contributed by atoms with van der Waals surface area (Å²) in [4.78, 5) is 12.6. The maximum atomic E-state index is 12.6. The number of aryl methyl sites for hydroxylation is 2. The molecule has 1 aliphatic carbocycles. The number of amides is 1. The van der Waals surface area contributed by atoms with E-state index in [0.717, 1.165) is 35.4 Å². The topological polar surface area (TPSA) is 47.6 Å². The van der Waals surface area contributed by atoms with E-state index in [1.54, 1.807) is 7.11 Å². The van der Waals surface area contributed by atoms with E-state index >= 15 is 0 Å². The number of hydrogen-bond donors (Lipinski definition) is 1. The molecule has 0 spiro atoms. The normalized spacial score (nSPS) is 17.2. The number of methoxy groups -OCH3 is 1. The van der Waals surface area contributed by atoms with Crippen LogP contribution >= 0.6 is 0 Å². The number of rotatable bonds is 6. The number of carbonyl (C=O) groups is 1. The minimum Gasteiger partial charge on any atom is -0.496 e. The highest BCUT2D eigenvalue weighted by Gasteiger charge is 2.48. The van der Waals surface area contributed by atoms with Crippen molar-refractivity contribution >= 4 is 11.6 Å². The Labute approximate surface area is 126 Å². The summed E-state index contributed by atoms with van der Waals surface area (Å²) in [6, 6.07) is 3.87. The third-order valence-electron chi connectivity index (χ3n) is 4.17. The highest BCUT2D eigenvalue weighted by atomic mass is 16.5. The van der Waals surface area contributed by atoms with Gasteiger partial charge in [0, 0.05) is 12.3 Å². The number of hydrogen-bond acceptors (Lipinski definition) is 3. The molecule has 1 aromatic carbocycles.